The number of benzene rings is 1. The second kappa shape index (κ2) is 4.05. The van der Waals surface area contributed by atoms with Gasteiger partial charge in [-0.25, -0.2) is 0 Å². The number of ketones is 1. The first kappa shape index (κ1) is 10.4. The second-order valence-corrected chi connectivity index (χ2v) is 3.24. The number of carboxylic acid groups (broad SMARTS) is 1. The molecular formula is C11H12O3. The molecule has 0 fully saturated rings. The van der Waals surface area contributed by atoms with Gasteiger partial charge in [0.05, 0.1) is 0 Å². The molecule has 74 valence electrons. The molecule has 1 atom stereocenters. The fourth-order valence-corrected chi connectivity index (χ4v) is 1.44. The number of hydrogen-bond acceptors (Lipinski definition) is 2. The number of rotatable bonds is 3. The van der Waals surface area contributed by atoms with Crippen LogP contribution in [0.4, 0.5) is 0 Å². The smallest absolute Gasteiger partial charge is 0.318 e. The zero-order valence-electron chi connectivity index (χ0n) is 8.15. The van der Waals surface area contributed by atoms with Crippen molar-refractivity contribution in [3.8, 4) is 0 Å². The van der Waals surface area contributed by atoms with Gasteiger partial charge in [-0.2, -0.15) is 0 Å². The molecule has 1 aromatic carbocycles. The van der Waals surface area contributed by atoms with Crippen LogP contribution in [0.15, 0.2) is 24.3 Å². The average Bonchev–Trinajstić information content (AvgIpc) is 2.07. The lowest BCUT2D eigenvalue weighted by Crippen LogP contribution is -2.19. The number of carbonyl (C=O) groups excluding carboxylic acids is 1. The maximum Gasteiger partial charge on any atom is 0.318 e. The van der Waals surface area contributed by atoms with Crippen LogP contribution in [0.5, 0.6) is 0 Å². The first-order valence-electron chi connectivity index (χ1n) is 4.33. The maximum absolute atomic E-state index is 11.2. The van der Waals surface area contributed by atoms with Gasteiger partial charge >= 0.3 is 5.97 Å². The topological polar surface area (TPSA) is 54.4 Å². The Kier molecular flexibility index (Phi) is 3.02. The van der Waals surface area contributed by atoms with Gasteiger partial charge in [-0.05, 0) is 25.0 Å². The molecule has 1 N–H and O–H groups in total. The fraction of sp³-hybridized carbons (Fsp3) is 0.273. The van der Waals surface area contributed by atoms with Crippen molar-refractivity contribution in [3.63, 3.8) is 0 Å². The molecule has 0 spiro atoms. The standard InChI is InChI=1S/C11H12O3/c1-7-5-3-4-6-9(7)10(8(2)12)11(13)14/h3-6,10H,1-2H3,(H,13,14). The molecule has 1 rings (SSSR count). The summed E-state index contributed by atoms with van der Waals surface area (Å²) in [6.45, 7) is 3.10. The number of aryl methyl sites for hydroxylation is 1. The van der Waals surface area contributed by atoms with Crippen LogP contribution < -0.4 is 0 Å². The zero-order valence-corrected chi connectivity index (χ0v) is 8.15. The average molecular weight is 192 g/mol. The highest BCUT2D eigenvalue weighted by atomic mass is 16.4. The molecule has 0 amide bonds. The Morgan fingerprint density at radius 1 is 1.29 bits per heavy atom. The molecule has 1 unspecified atom stereocenters. The van der Waals surface area contributed by atoms with E-state index in [9.17, 15) is 9.59 Å². The van der Waals surface area contributed by atoms with Gasteiger partial charge in [-0.15, -0.1) is 0 Å². The van der Waals surface area contributed by atoms with E-state index in [1.165, 1.54) is 6.92 Å². The number of aliphatic carboxylic acids is 1. The Bertz CT molecular complexity index is 355. The predicted octanol–water partition coefficient (Wildman–Crippen LogP) is 1.75. The summed E-state index contributed by atoms with van der Waals surface area (Å²) in [5.41, 5.74) is 1.41. The molecule has 1 aromatic rings. The minimum atomic E-state index is -1.09. The van der Waals surface area contributed by atoms with Crippen molar-refractivity contribution in [2.75, 3.05) is 0 Å². The van der Waals surface area contributed by atoms with Crippen molar-refractivity contribution in [3.05, 3.63) is 35.4 Å². The normalized spacial score (nSPS) is 12.1. The predicted molar refractivity (Wildman–Crippen MR) is 52.2 cm³/mol. The van der Waals surface area contributed by atoms with Crippen molar-refractivity contribution in [2.24, 2.45) is 0 Å². The first-order valence-corrected chi connectivity index (χ1v) is 4.33. The molecular weight excluding hydrogens is 180 g/mol. The number of hydrogen-bond donors (Lipinski definition) is 1. The van der Waals surface area contributed by atoms with Gasteiger partial charge in [-0.1, -0.05) is 24.3 Å². The minimum Gasteiger partial charge on any atom is -0.480 e. The summed E-state index contributed by atoms with van der Waals surface area (Å²) >= 11 is 0. The molecule has 0 aliphatic carbocycles. The molecule has 0 saturated heterocycles. The van der Waals surface area contributed by atoms with Gasteiger partial charge in [0.1, 0.15) is 11.7 Å². The molecule has 14 heavy (non-hydrogen) atoms. The summed E-state index contributed by atoms with van der Waals surface area (Å²) in [5, 5.41) is 8.90. The van der Waals surface area contributed by atoms with E-state index in [2.05, 4.69) is 0 Å². The summed E-state index contributed by atoms with van der Waals surface area (Å²) < 4.78 is 0. The molecule has 0 bridgehead atoms. The van der Waals surface area contributed by atoms with Crippen molar-refractivity contribution in [1.29, 1.82) is 0 Å². The van der Waals surface area contributed by atoms with E-state index >= 15 is 0 Å². The highest BCUT2D eigenvalue weighted by Gasteiger charge is 2.25. The Balaban J connectivity index is 3.18. The van der Waals surface area contributed by atoms with E-state index < -0.39 is 11.9 Å². The van der Waals surface area contributed by atoms with E-state index in [-0.39, 0.29) is 5.78 Å². The van der Waals surface area contributed by atoms with Gasteiger partial charge in [-0.3, -0.25) is 9.59 Å². The van der Waals surface area contributed by atoms with Crippen molar-refractivity contribution in [2.45, 2.75) is 19.8 Å². The third-order valence-electron chi connectivity index (χ3n) is 2.15. The molecule has 3 nitrogen and oxygen atoms in total. The Morgan fingerprint density at radius 3 is 2.29 bits per heavy atom. The van der Waals surface area contributed by atoms with E-state index in [4.69, 9.17) is 5.11 Å². The van der Waals surface area contributed by atoms with E-state index in [1.54, 1.807) is 25.1 Å². The molecule has 0 aromatic heterocycles. The molecule has 0 heterocycles. The van der Waals surface area contributed by atoms with Crippen LogP contribution in [0.25, 0.3) is 0 Å². The molecule has 0 aliphatic rings. The highest BCUT2D eigenvalue weighted by Crippen LogP contribution is 2.20. The summed E-state index contributed by atoms with van der Waals surface area (Å²) in [4.78, 5) is 22.0. The van der Waals surface area contributed by atoms with Crippen LogP contribution in [0.3, 0.4) is 0 Å². The van der Waals surface area contributed by atoms with Crippen LogP contribution in [0, 0.1) is 6.92 Å². The largest absolute Gasteiger partial charge is 0.480 e. The summed E-state index contributed by atoms with van der Waals surface area (Å²) in [5.74, 6) is -2.46. The third kappa shape index (κ3) is 1.99. The van der Waals surface area contributed by atoms with Gasteiger partial charge in [0.2, 0.25) is 0 Å². The van der Waals surface area contributed by atoms with Crippen LogP contribution in [-0.2, 0) is 9.59 Å². The monoisotopic (exact) mass is 192 g/mol. The summed E-state index contributed by atoms with van der Waals surface area (Å²) in [6.07, 6.45) is 0. The van der Waals surface area contributed by atoms with E-state index in [0.717, 1.165) is 5.56 Å². The number of carbonyl (C=O) groups is 2. The lowest BCUT2D eigenvalue weighted by atomic mass is 9.92. The number of carboxylic acids is 1. The number of Topliss-reactive ketones (excluding diaryl/α,β-unsaturated/α-hetero) is 1. The van der Waals surface area contributed by atoms with Gasteiger partial charge in [0.25, 0.3) is 0 Å². The second-order valence-electron chi connectivity index (χ2n) is 3.24. The fourth-order valence-electron chi connectivity index (χ4n) is 1.44. The van der Waals surface area contributed by atoms with Crippen LogP contribution >= 0.6 is 0 Å². The lowest BCUT2D eigenvalue weighted by Gasteiger charge is -2.11. The molecule has 0 radical (unpaired) electrons. The molecule has 0 aliphatic heterocycles. The first-order chi connectivity index (χ1) is 6.54. The SMILES string of the molecule is CC(=O)C(C(=O)O)c1ccccc1C. The summed E-state index contributed by atoms with van der Waals surface area (Å²) in [6, 6.07) is 7.03. The van der Waals surface area contributed by atoms with Crippen molar-refractivity contribution < 1.29 is 14.7 Å². The van der Waals surface area contributed by atoms with Crippen molar-refractivity contribution in [1.82, 2.24) is 0 Å². The Hall–Kier alpha value is -1.64. The van der Waals surface area contributed by atoms with E-state index in [0.29, 0.717) is 5.56 Å². The van der Waals surface area contributed by atoms with Crippen LogP contribution in [-0.4, -0.2) is 16.9 Å². The Labute approximate surface area is 82.4 Å². The van der Waals surface area contributed by atoms with Crippen LogP contribution in [0.1, 0.15) is 24.0 Å². The van der Waals surface area contributed by atoms with Crippen LogP contribution in [0.2, 0.25) is 0 Å². The van der Waals surface area contributed by atoms with Gasteiger partial charge < -0.3 is 5.11 Å². The zero-order chi connectivity index (χ0) is 10.7. The molecule has 3 heteroatoms. The van der Waals surface area contributed by atoms with Gasteiger partial charge in [0, 0.05) is 0 Å². The maximum atomic E-state index is 11.2. The lowest BCUT2D eigenvalue weighted by molar-refractivity contribution is -0.142. The minimum absolute atomic E-state index is 0.341. The quantitative estimate of drug-likeness (QED) is 0.742. The van der Waals surface area contributed by atoms with Gasteiger partial charge in [0.15, 0.2) is 0 Å². The van der Waals surface area contributed by atoms with Crippen molar-refractivity contribution >= 4 is 11.8 Å². The third-order valence-corrected chi connectivity index (χ3v) is 2.15. The molecule has 0 saturated carbocycles. The summed E-state index contributed by atoms with van der Waals surface area (Å²) in [7, 11) is 0. The Morgan fingerprint density at radius 2 is 1.86 bits per heavy atom. The van der Waals surface area contributed by atoms with E-state index in [1.807, 2.05) is 6.07 Å². The highest BCUT2D eigenvalue weighted by molar-refractivity contribution is 6.02.